The number of hydrogen-bond donors (Lipinski definition) is 2. The van der Waals surface area contributed by atoms with Crippen LogP contribution in [-0.2, 0) is 4.79 Å². The maximum atomic E-state index is 11.7. The van der Waals surface area contributed by atoms with Crippen molar-refractivity contribution in [2.75, 3.05) is 5.32 Å². The van der Waals surface area contributed by atoms with E-state index in [1.807, 2.05) is 6.92 Å². The summed E-state index contributed by atoms with van der Waals surface area (Å²) < 4.78 is 0. The van der Waals surface area contributed by atoms with E-state index in [-0.39, 0.29) is 12.3 Å². The molecule has 1 aromatic carbocycles. The molecule has 0 unspecified atom stereocenters. The minimum atomic E-state index is -0.563. The number of aryl methyl sites for hydroxylation is 1. The molecule has 0 bridgehead atoms. The topological polar surface area (TPSA) is 55.1 Å². The summed E-state index contributed by atoms with van der Waals surface area (Å²) >= 11 is 12.1. The maximum Gasteiger partial charge on any atom is 0.226 e. The highest BCUT2D eigenvalue weighted by Gasteiger charge is 2.18. The fourth-order valence-corrected chi connectivity index (χ4v) is 1.83. The molecule has 17 heavy (non-hydrogen) atoms. The van der Waals surface area contributed by atoms with Crippen LogP contribution in [0.2, 0.25) is 10.0 Å². The molecule has 0 spiro atoms. The van der Waals surface area contributed by atoms with E-state index in [2.05, 4.69) is 5.32 Å². The number of halogens is 2. The Balaban J connectivity index is 2.89. The number of hydrogen-bond acceptors (Lipinski definition) is 2. The third-order valence-electron chi connectivity index (χ3n) is 2.16. The Bertz CT molecular complexity index is 439. The Kier molecular flexibility index (Phi) is 4.42. The van der Waals surface area contributed by atoms with Crippen LogP contribution in [0.3, 0.4) is 0 Å². The van der Waals surface area contributed by atoms with Gasteiger partial charge in [0.25, 0.3) is 0 Å². The standard InChI is InChI=1S/C12H16Cl2N2O/c1-7-4-5-8(13)11(10(7)14)16-9(17)6-12(2,3)15/h4-5H,6,15H2,1-3H3,(H,16,17). The van der Waals surface area contributed by atoms with Crippen molar-refractivity contribution in [1.29, 1.82) is 0 Å². The van der Waals surface area contributed by atoms with E-state index in [1.54, 1.807) is 26.0 Å². The van der Waals surface area contributed by atoms with Gasteiger partial charge in [0.2, 0.25) is 5.91 Å². The lowest BCUT2D eigenvalue weighted by atomic mass is 10.0. The number of benzene rings is 1. The molecule has 0 radical (unpaired) electrons. The van der Waals surface area contributed by atoms with Crippen LogP contribution in [0, 0.1) is 6.92 Å². The minimum absolute atomic E-state index is 0.202. The molecule has 1 rings (SSSR count). The zero-order valence-electron chi connectivity index (χ0n) is 10.1. The van der Waals surface area contributed by atoms with Crippen molar-refractivity contribution in [3.63, 3.8) is 0 Å². The average molecular weight is 275 g/mol. The number of nitrogens with one attached hydrogen (secondary N) is 1. The predicted octanol–water partition coefficient (Wildman–Crippen LogP) is 3.37. The molecule has 0 aliphatic carbocycles. The van der Waals surface area contributed by atoms with E-state index in [9.17, 15) is 4.79 Å². The molecule has 0 aromatic heterocycles. The molecular weight excluding hydrogens is 259 g/mol. The second kappa shape index (κ2) is 5.25. The van der Waals surface area contributed by atoms with Crippen molar-refractivity contribution in [2.45, 2.75) is 32.7 Å². The quantitative estimate of drug-likeness (QED) is 0.888. The Morgan fingerprint density at radius 2 is 2.00 bits per heavy atom. The third kappa shape index (κ3) is 4.19. The summed E-state index contributed by atoms with van der Waals surface area (Å²) in [5.41, 5.74) is 6.51. The van der Waals surface area contributed by atoms with Crippen LogP contribution in [0.15, 0.2) is 12.1 Å². The fraction of sp³-hybridized carbons (Fsp3) is 0.417. The fourth-order valence-electron chi connectivity index (χ4n) is 1.37. The predicted molar refractivity (Wildman–Crippen MR) is 72.7 cm³/mol. The normalized spacial score (nSPS) is 11.4. The second-order valence-electron chi connectivity index (χ2n) is 4.77. The van der Waals surface area contributed by atoms with Gasteiger partial charge in [-0.3, -0.25) is 4.79 Å². The summed E-state index contributed by atoms with van der Waals surface area (Å²) in [6, 6.07) is 3.50. The molecule has 3 N–H and O–H groups in total. The van der Waals surface area contributed by atoms with Gasteiger partial charge in [0.15, 0.2) is 0 Å². The smallest absolute Gasteiger partial charge is 0.226 e. The van der Waals surface area contributed by atoms with E-state index in [0.29, 0.717) is 15.7 Å². The Morgan fingerprint density at radius 1 is 1.41 bits per heavy atom. The largest absolute Gasteiger partial charge is 0.325 e. The van der Waals surface area contributed by atoms with Crippen LogP contribution < -0.4 is 11.1 Å². The highest BCUT2D eigenvalue weighted by atomic mass is 35.5. The van der Waals surface area contributed by atoms with Gasteiger partial charge in [0, 0.05) is 12.0 Å². The molecule has 0 saturated heterocycles. The highest BCUT2D eigenvalue weighted by Crippen LogP contribution is 2.33. The molecule has 0 aliphatic rings. The molecule has 0 atom stereocenters. The molecule has 1 amide bonds. The first kappa shape index (κ1) is 14.3. The van der Waals surface area contributed by atoms with Gasteiger partial charge in [-0.1, -0.05) is 29.3 Å². The molecule has 94 valence electrons. The summed E-state index contributed by atoms with van der Waals surface area (Å²) in [7, 11) is 0. The Hall–Kier alpha value is -0.770. The van der Waals surface area contributed by atoms with Gasteiger partial charge in [-0.05, 0) is 32.4 Å². The van der Waals surface area contributed by atoms with Crippen LogP contribution in [-0.4, -0.2) is 11.4 Å². The molecule has 0 fully saturated rings. The molecule has 0 heterocycles. The van der Waals surface area contributed by atoms with Gasteiger partial charge in [0.05, 0.1) is 15.7 Å². The lowest BCUT2D eigenvalue weighted by molar-refractivity contribution is -0.117. The summed E-state index contributed by atoms with van der Waals surface area (Å²) in [6.07, 6.45) is 0.202. The number of carbonyl (C=O) groups is 1. The van der Waals surface area contributed by atoms with Gasteiger partial charge in [-0.25, -0.2) is 0 Å². The van der Waals surface area contributed by atoms with Gasteiger partial charge in [-0.15, -0.1) is 0 Å². The van der Waals surface area contributed by atoms with E-state index in [4.69, 9.17) is 28.9 Å². The maximum absolute atomic E-state index is 11.7. The molecule has 0 saturated carbocycles. The van der Waals surface area contributed by atoms with Crippen molar-refractivity contribution in [3.05, 3.63) is 27.7 Å². The van der Waals surface area contributed by atoms with Gasteiger partial charge in [-0.2, -0.15) is 0 Å². The van der Waals surface area contributed by atoms with Crippen molar-refractivity contribution in [2.24, 2.45) is 5.73 Å². The first-order chi connectivity index (χ1) is 7.70. The molecular formula is C12H16Cl2N2O. The molecule has 1 aromatic rings. The lowest BCUT2D eigenvalue weighted by Gasteiger charge is -2.18. The Morgan fingerprint density at radius 3 is 2.53 bits per heavy atom. The summed E-state index contributed by atoms with van der Waals surface area (Å²) in [4.78, 5) is 11.7. The van der Waals surface area contributed by atoms with Crippen molar-refractivity contribution < 1.29 is 4.79 Å². The molecule has 0 aliphatic heterocycles. The van der Waals surface area contributed by atoms with E-state index in [1.165, 1.54) is 0 Å². The number of rotatable bonds is 3. The van der Waals surface area contributed by atoms with Crippen molar-refractivity contribution in [3.8, 4) is 0 Å². The zero-order chi connectivity index (χ0) is 13.2. The van der Waals surface area contributed by atoms with Crippen LogP contribution in [0.4, 0.5) is 5.69 Å². The average Bonchev–Trinajstić information content (AvgIpc) is 2.16. The van der Waals surface area contributed by atoms with Crippen molar-refractivity contribution in [1.82, 2.24) is 0 Å². The second-order valence-corrected chi connectivity index (χ2v) is 5.55. The van der Waals surface area contributed by atoms with E-state index < -0.39 is 5.54 Å². The lowest BCUT2D eigenvalue weighted by Crippen LogP contribution is -2.36. The summed E-state index contributed by atoms with van der Waals surface area (Å²) in [5.74, 6) is -0.202. The van der Waals surface area contributed by atoms with Gasteiger partial charge >= 0.3 is 0 Å². The first-order valence-electron chi connectivity index (χ1n) is 5.24. The van der Waals surface area contributed by atoms with Crippen LogP contribution in [0.5, 0.6) is 0 Å². The monoisotopic (exact) mass is 274 g/mol. The summed E-state index contributed by atoms with van der Waals surface area (Å²) in [6.45, 7) is 5.42. The number of amides is 1. The van der Waals surface area contributed by atoms with Gasteiger partial charge < -0.3 is 11.1 Å². The number of nitrogens with two attached hydrogens (primary N) is 1. The summed E-state index contributed by atoms with van der Waals surface area (Å²) in [5, 5.41) is 3.57. The van der Waals surface area contributed by atoms with Gasteiger partial charge in [0.1, 0.15) is 0 Å². The SMILES string of the molecule is Cc1ccc(Cl)c(NC(=O)CC(C)(C)N)c1Cl. The number of carbonyl (C=O) groups excluding carboxylic acids is 1. The first-order valence-corrected chi connectivity index (χ1v) is 5.99. The molecule has 3 nitrogen and oxygen atoms in total. The van der Waals surface area contributed by atoms with E-state index >= 15 is 0 Å². The zero-order valence-corrected chi connectivity index (χ0v) is 11.6. The van der Waals surface area contributed by atoms with Crippen LogP contribution >= 0.6 is 23.2 Å². The van der Waals surface area contributed by atoms with Crippen molar-refractivity contribution >= 4 is 34.8 Å². The molecule has 5 heteroatoms. The van der Waals surface area contributed by atoms with Crippen LogP contribution in [0.1, 0.15) is 25.8 Å². The van der Waals surface area contributed by atoms with Crippen LogP contribution in [0.25, 0.3) is 0 Å². The minimum Gasteiger partial charge on any atom is -0.325 e. The van der Waals surface area contributed by atoms with E-state index in [0.717, 1.165) is 5.56 Å². The Labute approximate surface area is 111 Å². The highest BCUT2D eigenvalue weighted by molar-refractivity contribution is 6.40. The third-order valence-corrected chi connectivity index (χ3v) is 2.97. The number of anilines is 1.